The molecule has 120 valence electrons. The van der Waals surface area contributed by atoms with Crippen molar-refractivity contribution in [2.45, 2.75) is 60.4 Å². The molecule has 6 nitrogen and oxygen atoms in total. The molecule has 0 bridgehead atoms. The van der Waals surface area contributed by atoms with Crippen molar-refractivity contribution in [2.24, 2.45) is 5.92 Å². The average molecular weight is 296 g/mol. The van der Waals surface area contributed by atoms with E-state index >= 15 is 0 Å². The fourth-order valence-corrected chi connectivity index (χ4v) is 1.50. The molecule has 0 saturated heterocycles. The molecule has 1 amide bonds. The van der Waals surface area contributed by atoms with Crippen molar-refractivity contribution in [3.05, 3.63) is 11.9 Å². The number of Topliss-reactive ketones (excluding diaryl/α,β-unsaturated/α-hetero) is 1. The molecule has 0 aliphatic heterocycles. The van der Waals surface area contributed by atoms with Crippen LogP contribution in [0.15, 0.2) is 6.20 Å². The van der Waals surface area contributed by atoms with E-state index in [4.69, 9.17) is 0 Å². The van der Waals surface area contributed by atoms with E-state index in [1.54, 1.807) is 4.68 Å². The van der Waals surface area contributed by atoms with E-state index in [2.05, 4.69) is 15.6 Å². The molecule has 0 fully saturated rings. The van der Waals surface area contributed by atoms with Gasteiger partial charge in [-0.15, -0.1) is 5.10 Å². The summed E-state index contributed by atoms with van der Waals surface area (Å²) in [4.78, 5) is 22.6. The highest BCUT2D eigenvalue weighted by Crippen LogP contribution is 1.98. The molecular formula is C15H28N4O2. The Balaban J connectivity index is 0.00000191. The number of rotatable bonds is 8. The molecule has 1 aromatic rings. The molecule has 0 aliphatic carbocycles. The SMILES string of the molecule is CC.CCC(=O)CCn1cc(CCNC(=O)C(C)C)nn1. The summed E-state index contributed by atoms with van der Waals surface area (Å²) >= 11 is 0. The van der Waals surface area contributed by atoms with Gasteiger partial charge in [-0.3, -0.25) is 14.3 Å². The number of ketones is 1. The second-order valence-electron chi connectivity index (χ2n) is 4.81. The van der Waals surface area contributed by atoms with Gasteiger partial charge in [0.2, 0.25) is 5.91 Å². The van der Waals surface area contributed by atoms with Gasteiger partial charge in [-0.1, -0.05) is 39.8 Å². The van der Waals surface area contributed by atoms with Crippen molar-refractivity contribution in [1.82, 2.24) is 20.3 Å². The van der Waals surface area contributed by atoms with Crippen LogP contribution < -0.4 is 5.32 Å². The van der Waals surface area contributed by atoms with Gasteiger partial charge < -0.3 is 5.32 Å². The Morgan fingerprint density at radius 1 is 1.33 bits per heavy atom. The lowest BCUT2D eigenvalue weighted by atomic mass is 10.2. The largest absolute Gasteiger partial charge is 0.355 e. The zero-order valence-electron chi connectivity index (χ0n) is 13.8. The molecule has 21 heavy (non-hydrogen) atoms. The summed E-state index contributed by atoms with van der Waals surface area (Å²) in [5.74, 6) is 0.262. The number of aromatic nitrogens is 3. The van der Waals surface area contributed by atoms with Crippen LogP contribution in [0.1, 0.15) is 53.2 Å². The maximum atomic E-state index is 11.4. The van der Waals surface area contributed by atoms with E-state index in [1.165, 1.54) is 0 Å². The van der Waals surface area contributed by atoms with Gasteiger partial charge in [0.1, 0.15) is 5.78 Å². The van der Waals surface area contributed by atoms with Crippen molar-refractivity contribution in [1.29, 1.82) is 0 Å². The van der Waals surface area contributed by atoms with Gasteiger partial charge in [0.15, 0.2) is 0 Å². The van der Waals surface area contributed by atoms with Gasteiger partial charge in [-0.25, -0.2) is 0 Å². The lowest BCUT2D eigenvalue weighted by Gasteiger charge is -2.05. The lowest BCUT2D eigenvalue weighted by Crippen LogP contribution is -2.29. The number of nitrogens with one attached hydrogen (secondary N) is 1. The third-order valence-electron chi connectivity index (χ3n) is 2.80. The van der Waals surface area contributed by atoms with Crippen LogP contribution in [-0.4, -0.2) is 33.2 Å². The Bertz CT molecular complexity index is 427. The predicted molar refractivity (Wildman–Crippen MR) is 82.8 cm³/mol. The summed E-state index contributed by atoms with van der Waals surface area (Å²) < 4.78 is 1.67. The molecular weight excluding hydrogens is 268 g/mol. The monoisotopic (exact) mass is 296 g/mol. The number of carbonyl (C=O) groups is 2. The Labute approximate surface area is 127 Å². The Morgan fingerprint density at radius 2 is 2.00 bits per heavy atom. The molecule has 1 heterocycles. The standard InChI is InChI=1S/C13H22N4O2.C2H6/c1-4-12(18)6-8-17-9-11(15-16-17)5-7-14-13(19)10(2)3;1-2/h9-10H,4-8H2,1-3H3,(H,14,19);1-2H3. The topological polar surface area (TPSA) is 76.9 Å². The zero-order valence-corrected chi connectivity index (χ0v) is 13.8. The molecule has 0 aromatic carbocycles. The number of hydrogen-bond donors (Lipinski definition) is 1. The first-order valence-electron chi connectivity index (χ1n) is 7.71. The molecule has 0 unspecified atom stereocenters. The molecule has 0 spiro atoms. The summed E-state index contributed by atoms with van der Waals surface area (Å²) in [5.41, 5.74) is 0.827. The van der Waals surface area contributed by atoms with Crippen molar-refractivity contribution < 1.29 is 9.59 Å². The van der Waals surface area contributed by atoms with Crippen molar-refractivity contribution >= 4 is 11.7 Å². The molecule has 1 aromatic heterocycles. The summed E-state index contributed by atoms with van der Waals surface area (Å²) in [6.45, 7) is 10.7. The van der Waals surface area contributed by atoms with Gasteiger partial charge in [0.05, 0.1) is 5.69 Å². The molecule has 1 rings (SSSR count). The summed E-state index contributed by atoms with van der Waals surface area (Å²) in [6, 6.07) is 0. The molecule has 0 atom stereocenters. The van der Waals surface area contributed by atoms with Crippen LogP contribution >= 0.6 is 0 Å². The molecule has 1 N–H and O–H groups in total. The van der Waals surface area contributed by atoms with Gasteiger partial charge in [0, 0.05) is 44.5 Å². The average Bonchev–Trinajstić information content (AvgIpc) is 2.94. The van der Waals surface area contributed by atoms with Crippen LogP contribution in [-0.2, 0) is 22.6 Å². The maximum absolute atomic E-state index is 11.4. The maximum Gasteiger partial charge on any atom is 0.222 e. The lowest BCUT2D eigenvalue weighted by molar-refractivity contribution is -0.124. The van der Waals surface area contributed by atoms with Gasteiger partial charge >= 0.3 is 0 Å². The van der Waals surface area contributed by atoms with E-state index in [9.17, 15) is 9.59 Å². The molecule has 0 radical (unpaired) electrons. The molecule has 0 aliphatic rings. The van der Waals surface area contributed by atoms with E-state index in [-0.39, 0.29) is 17.6 Å². The number of nitrogens with zero attached hydrogens (tertiary/aromatic N) is 3. The number of hydrogen-bond acceptors (Lipinski definition) is 4. The van der Waals surface area contributed by atoms with Crippen LogP contribution in [0.2, 0.25) is 0 Å². The van der Waals surface area contributed by atoms with Crippen LogP contribution in [0, 0.1) is 5.92 Å². The fraction of sp³-hybridized carbons (Fsp3) is 0.733. The van der Waals surface area contributed by atoms with Crippen LogP contribution in [0.5, 0.6) is 0 Å². The van der Waals surface area contributed by atoms with Gasteiger partial charge in [0.25, 0.3) is 0 Å². The highest BCUT2D eigenvalue weighted by atomic mass is 16.1. The Morgan fingerprint density at radius 3 is 2.57 bits per heavy atom. The number of carbonyl (C=O) groups excluding carboxylic acids is 2. The van der Waals surface area contributed by atoms with Crippen LogP contribution in [0.25, 0.3) is 0 Å². The second kappa shape index (κ2) is 11.0. The minimum Gasteiger partial charge on any atom is -0.355 e. The third kappa shape index (κ3) is 8.22. The minimum absolute atomic E-state index is 0.00395. The highest BCUT2D eigenvalue weighted by Gasteiger charge is 2.07. The van der Waals surface area contributed by atoms with E-state index in [0.29, 0.717) is 32.4 Å². The summed E-state index contributed by atoms with van der Waals surface area (Å²) in [7, 11) is 0. The molecule has 0 saturated carbocycles. The van der Waals surface area contributed by atoms with Gasteiger partial charge in [-0.05, 0) is 0 Å². The Hall–Kier alpha value is -1.72. The Kier molecular flexibility index (Phi) is 10.1. The second-order valence-corrected chi connectivity index (χ2v) is 4.81. The van der Waals surface area contributed by atoms with E-state index in [0.717, 1.165) is 5.69 Å². The smallest absolute Gasteiger partial charge is 0.222 e. The first-order valence-corrected chi connectivity index (χ1v) is 7.71. The third-order valence-corrected chi connectivity index (χ3v) is 2.80. The quantitative estimate of drug-likeness (QED) is 0.796. The first-order chi connectivity index (χ1) is 10.0. The number of amides is 1. The summed E-state index contributed by atoms with van der Waals surface area (Å²) in [5, 5.41) is 10.8. The first kappa shape index (κ1) is 19.3. The highest BCUT2D eigenvalue weighted by molar-refractivity contribution is 5.78. The van der Waals surface area contributed by atoms with Crippen molar-refractivity contribution in [3.63, 3.8) is 0 Å². The zero-order chi connectivity index (χ0) is 16.3. The van der Waals surface area contributed by atoms with Crippen molar-refractivity contribution in [3.8, 4) is 0 Å². The van der Waals surface area contributed by atoms with Gasteiger partial charge in [-0.2, -0.15) is 0 Å². The minimum atomic E-state index is -0.00395. The predicted octanol–water partition coefficient (Wildman–Crippen LogP) is 1.99. The van der Waals surface area contributed by atoms with Crippen molar-refractivity contribution in [2.75, 3.05) is 6.54 Å². The van der Waals surface area contributed by atoms with E-state index in [1.807, 2.05) is 40.8 Å². The van der Waals surface area contributed by atoms with E-state index < -0.39 is 0 Å². The normalized spacial score (nSPS) is 10.0. The van der Waals surface area contributed by atoms with Crippen LogP contribution in [0.4, 0.5) is 0 Å². The van der Waals surface area contributed by atoms with Crippen LogP contribution in [0.3, 0.4) is 0 Å². The fourth-order valence-electron chi connectivity index (χ4n) is 1.50. The molecule has 6 heteroatoms. The summed E-state index contributed by atoms with van der Waals surface area (Å²) in [6.07, 6.45) is 3.52. The number of aryl methyl sites for hydroxylation is 1.